The maximum absolute atomic E-state index is 5.60. The number of nitrogens with two attached hydrogens (primary N) is 1. The van der Waals surface area contributed by atoms with Crippen molar-refractivity contribution < 1.29 is 0 Å². The smallest absolute Gasteiger partial charge is 0.232 e. The molecular weight excluding hydrogens is 250 g/mol. The van der Waals surface area contributed by atoms with Crippen molar-refractivity contribution >= 4 is 5.78 Å². The summed E-state index contributed by atoms with van der Waals surface area (Å²) in [6.07, 6.45) is 3.78. The highest BCUT2D eigenvalue weighted by molar-refractivity contribution is 5.32. The van der Waals surface area contributed by atoms with Crippen molar-refractivity contribution in [3.63, 3.8) is 0 Å². The molecule has 20 heavy (non-hydrogen) atoms. The van der Waals surface area contributed by atoms with Gasteiger partial charge in [-0.2, -0.15) is 5.10 Å². The molecule has 0 saturated carbocycles. The molecule has 5 heteroatoms. The van der Waals surface area contributed by atoms with E-state index in [1.807, 2.05) is 22.3 Å². The van der Waals surface area contributed by atoms with Crippen LogP contribution in [0.4, 0.5) is 0 Å². The quantitative estimate of drug-likeness (QED) is 0.783. The average molecular weight is 269 g/mol. The molecule has 0 radical (unpaired) electrons. The van der Waals surface area contributed by atoms with Crippen LogP contribution in [-0.2, 0) is 26.4 Å². The van der Waals surface area contributed by atoms with Crippen LogP contribution in [0.3, 0.4) is 0 Å². The molecular formula is C15H19N5. The van der Waals surface area contributed by atoms with Gasteiger partial charge in [-0.15, -0.1) is 0 Å². The summed E-state index contributed by atoms with van der Waals surface area (Å²) < 4.78 is 3.85. The summed E-state index contributed by atoms with van der Waals surface area (Å²) in [5.74, 6) is 1.89. The van der Waals surface area contributed by atoms with Crippen molar-refractivity contribution in [3.05, 3.63) is 53.1 Å². The lowest BCUT2D eigenvalue weighted by Gasteiger charge is -2.02. The molecule has 0 aliphatic carbocycles. The Morgan fingerprint density at radius 1 is 1.25 bits per heavy atom. The Morgan fingerprint density at radius 3 is 2.80 bits per heavy atom. The lowest BCUT2D eigenvalue weighted by atomic mass is 10.1. The summed E-state index contributed by atoms with van der Waals surface area (Å²) in [6, 6.07) is 8.60. The third-order valence-corrected chi connectivity index (χ3v) is 3.56. The third-order valence-electron chi connectivity index (χ3n) is 3.56. The van der Waals surface area contributed by atoms with E-state index in [0.29, 0.717) is 6.54 Å². The summed E-state index contributed by atoms with van der Waals surface area (Å²) in [7, 11) is 2.00. The van der Waals surface area contributed by atoms with E-state index in [4.69, 9.17) is 5.73 Å². The van der Waals surface area contributed by atoms with Crippen LogP contribution in [0.5, 0.6) is 0 Å². The van der Waals surface area contributed by atoms with E-state index in [-0.39, 0.29) is 0 Å². The van der Waals surface area contributed by atoms with Gasteiger partial charge in [-0.1, -0.05) is 29.8 Å². The molecule has 0 fully saturated rings. The number of benzene rings is 1. The SMILES string of the molecule is Cc1cccc(CCc2nn3cc(CN)nc3n2C)c1. The largest absolute Gasteiger partial charge is 0.325 e. The zero-order valence-electron chi connectivity index (χ0n) is 11.9. The van der Waals surface area contributed by atoms with Gasteiger partial charge < -0.3 is 10.3 Å². The maximum atomic E-state index is 5.60. The second-order valence-electron chi connectivity index (χ2n) is 5.15. The van der Waals surface area contributed by atoms with Gasteiger partial charge in [-0.3, -0.25) is 0 Å². The predicted octanol–water partition coefficient (Wildman–Crippen LogP) is 1.62. The Morgan fingerprint density at radius 2 is 2.10 bits per heavy atom. The number of nitrogens with zero attached hydrogens (tertiary/aromatic N) is 4. The second-order valence-corrected chi connectivity index (χ2v) is 5.15. The van der Waals surface area contributed by atoms with E-state index in [0.717, 1.165) is 30.1 Å². The van der Waals surface area contributed by atoms with E-state index in [1.165, 1.54) is 11.1 Å². The van der Waals surface area contributed by atoms with Crippen LogP contribution >= 0.6 is 0 Å². The second kappa shape index (κ2) is 5.09. The van der Waals surface area contributed by atoms with Gasteiger partial charge in [-0.25, -0.2) is 9.50 Å². The van der Waals surface area contributed by atoms with Gasteiger partial charge in [0.05, 0.1) is 11.9 Å². The highest BCUT2D eigenvalue weighted by atomic mass is 15.4. The number of fused-ring (bicyclic) bond motifs is 1. The van der Waals surface area contributed by atoms with Crippen LogP contribution < -0.4 is 5.73 Å². The molecule has 3 aromatic rings. The molecule has 0 saturated heterocycles. The Balaban J connectivity index is 1.80. The van der Waals surface area contributed by atoms with Gasteiger partial charge in [0.1, 0.15) is 5.82 Å². The minimum atomic E-state index is 0.446. The molecule has 2 aromatic heterocycles. The van der Waals surface area contributed by atoms with Crippen molar-refractivity contribution in [1.82, 2.24) is 19.2 Å². The molecule has 0 aliphatic rings. The van der Waals surface area contributed by atoms with E-state index in [2.05, 4.69) is 41.3 Å². The molecule has 5 nitrogen and oxygen atoms in total. The molecule has 2 heterocycles. The summed E-state index contributed by atoms with van der Waals surface area (Å²) in [4.78, 5) is 4.46. The van der Waals surface area contributed by atoms with E-state index >= 15 is 0 Å². The van der Waals surface area contributed by atoms with Crippen LogP contribution in [0.2, 0.25) is 0 Å². The standard InChI is InChI=1S/C15H19N5/c1-11-4-3-5-12(8-11)6-7-14-18-20-10-13(9-16)17-15(20)19(14)2/h3-5,8,10H,6-7,9,16H2,1-2H3. The summed E-state index contributed by atoms with van der Waals surface area (Å²) in [5.41, 5.74) is 9.10. The van der Waals surface area contributed by atoms with Crippen molar-refractivity contribution in [2.45, 2.75) is 26.3 Å². The molecule has 0 unspecified atom stereocenters. The number of hydrogen-bond donors (Lipinski definition) is 1. The number of aryl methyl sites for hydroxylation is 4. The fraction of sp³-hybridized carbons (Fsp3) is 0.333. The first kappa shape index (κ1) is 12.9. The Hall–Kier alpha value is -2.14. The van der Waals surface area contributed by atoms with E-state index in [1.54, 1.807) is 0 Å². The maximum Gasteiger partial charge on any atom is 0.232 e. The molecule has 0 aliphatic heterocycles. The molecule has 2 N–H and O–H groups in total. The number of hydrogen-bond acceptors (Lipinski definition) is 3. The highest BCUT2D eigenvalue weighted by Gasteiger charge is 2.10. The number of rotatable bonds is 4. The number of aromatic nitrogens is 4. The first-order valence-corrected chi connectivity index (χ1v) is 6.83. The van der Waals surface area contributed by atoms with Crippen LogP contribution in [0.25, 0.3) is 5.78 Å². The fourth-order valence-corrected chi connectivity index (χ4v) is 2.46. The molecule has 0 atom stereocenters. The van der Waals surface area contributed by atoms with Crippen LogP contribution in [0, 0.1) is 6.92 Å². The Labute approximate surface area is 118 Å². The topological polar surface area (TPSA) is 61.1 Å². The molecule has 104 valence electrons. The normalized spacial score (nSPS) is 11.3. The minimum absolute atomic E-state index is 0.446. The van der Waals surface area contributed by atoms with E-state index in [9.17, 15) is 0 Å². The van der Waals surface area contributed by atoms with Gasteiger partial charge in [0.2, 0.25) is 5.78 Å². The first-order valence-electron chi connectivity index (χ1n) is 6.83. The number of imidazole rings is 1. The van der Waals surface area contributed by atoms with Crippen molar-refractivity contribution in [3.8, 4) is 0 Å². The van der Waals surface area contributed by atoms with Crippen LogP contribution in [-0.4, -0.2) is 19.2 Å². The lowest BCUT2D eigenvalue weighted by molar-refractivity contribution is 0.766. The molecule has 0 amide bonds. The lowest BCUT2D eigenvalue weighted by Crippen LogP contribution is -2.02. The zero-order chi connectivity index (χ0) is 14.1. The van der Waals surface area contributed by atoms with Crippen LogP contribution in [0.15, 0.2) is 30.5 Å². The monoisotopic (exact) mass is 269 g/mol. The highest BCUT2D eigenvalue weighted by Crippen LogP contribution is 2.11. The van der Waals surface area contributed by atoms with Crippen molar-refractivity contribution in [2.24, 2.45) is 12.8 Å². The summed E-state index contributed by atoms with van der Waals surface area (Å²) in [6.45, 7) is 2.56. The summed E-state index contributed by atoms with van der Waals surface area (Å²) in [5, 5.41) is 4.58. The predicted molar refractivity (Wildman–Crippen MR) is 78.4 cm³/mol. The molecule has 0 bridgehead atoms. The van der Waals surface area contributed by atoms with Gasteiger partial charge in [0, 0.05) is 20.0 Å². The van der Waals surface area contributed by atoms with Gasteiger partial charge >= 0.3 is 0 Å². The molecule has 1 aromatic carbocycles. The van der Waals surface area contributed by atoms with Gasteiger partial charge in [0.15, 0.2) is 0 Å². The van der Waals surface area contributed by atoms with E-state index < -0.39 is 0 Å². The van der Waals surface area contributed by atoms with Gasteiger partial charge in [-0.05, 0) is 18.9 Å². The minimum Gasteiger partial charge on any atom is -0.325 e. The zero-order valence-corrected chi connectivity index (χ0v) is 11.9. The first-order chi connectivity index (χ1) is 9.67. The Bertz CT molecular complexity index is 738. The Kier molecular flexibility index (Phi) is 3.28. The summed E-state index contributed by atoms with van der Waals surface area (Å²) >= 11 is 0. The van der Waals surface area contributed by atoms with Crippen molar-refractivity contribution in [1.29, 1.82) is 0 Å². The van der Waals surface area contributed by atoms with Gasteiger partial charge in [0.25, 0.3) is 0 Å². The van der Waals surface area contributed by atoms with Crippen LogP contribution in [0.1, 0.15) is 22.6 Å². The molecule has 0 spiro atoms. The fourth-order valence-electron chi connectivity index (χ4n) is 2.46. The third kappa shape index (κ3) is 2.32. The molecule has 3 rings (SSSR count). The average Bonchev–Trinajstić information content (AvgIpc) is 2.96. The van der Waals surface area contributed by atoms with Crippen molar-refractivity contribution in [2.75, 3.05) is 0 Å².